The van der Waals surface area contributed by atoms with Gasteiger partial charge in [0.1, 0.15) is 6.10 Å². The number of aromatic amines is 1. The van der Waals surface area contributed by atoms with E-state index in [1.165, 1.54) is 44.1 Å². The van der Waals surface area contributed by atoms with Gasteiger partial charge in [-0.15, -0.1) is 0 Å². The highest BCUT2D eigenvalue weighted by atomic mass is 16.3. The summed E-state index contributed by atoms with van der Waals surface area (Å²) in [6.07, 6.45) is 10.1. The number of nitrogens with one attached hydrogen (secondary N) is 2. The van der Waals surface area contributed by atoms with Gasteiger partial charge >= 0.3 is 0 Å². The third-order valence-electron chi connectivity index (χ3n) is 6.12. The average molecular weight is 274 g/mol. The zero-order valence-electron chi connectivity index (χ0n) is 12.4. The summed E-state index contributed by atoms with van der Waals surface area (Å²) < 4.78 is 0. The molecule has 1 unspecified atom stereocenters. The quantitative estimate of drug-likeness (QED) is 0.790. The van der Waals surface area contributed by atoms with Gasteiger partial charge in [0.15, 0.2) is 0 Å². The molecule has 1 aromatic heterocycles. The summed E-state index contributed by atoms with van der Waals surface area (Å²) >= 11 is 0. The molecule has 1 atom stereocenters. The van der Waals surface area contributed by atoms with Gasteiger partial charge in [0.25, 0.3) is 0 Å². The molecule has 0 radical (unpaired) electrons. The molecule has 0 aliphatic heterocycles. The van der Waals surface area contributed by atoms with E-state index in [1.807, 2.05) is 13.2 Å². The van der Waals surface area contributed by atoms with Crippen LogP contribution >= 0.6 is 0 Å². The topological polar surface area (TPSA) is 48.0 Å². The summed E-state index contributed by atoms with van der Waals surface area (Å²) in [6, 6.07) is 2.25. The van der Waals surface area contributed by atoms with Gasteiger partial charge in [0.2, 0.25) is 0 Å². The van der Waals surface area contributed by atoms with Crippen molar-refractivity contribution in [3.8, 4) is 0 Å². The normalized spacial score (nSPS) is 40.2. The van der Waals surface area contributed by atoms with Crippen LogP contribution in [0.3, 0.4) is 0 Å². The third kappa shape index (κ3) is 1.86. The maximum atomic E-state index is 10.4. The molecule has 1 aromatic rings. The van der Waals surface area contributed by atoms with Gasteiger partial charge in [-0.3, -0.25) is 0 Å². The van der Waals surface area contributed by atoms with E-state index in [4.69, 9.17) is 0 Å². The average Bonchev–Trinajstić information content (AvgIpc) is 2.87. The minimum absolute atomic E-state index is 0.374. The van der Waals surface area contributed by atoms with Crippen LogP contribution in [0.25, 0.3) is 0 Å². The van der Waals surface area contributed by atoms with E-state index >= 15 is 0 Å². The Balaban J connectivity index is 1.69. The lowest BCUT2D eigenvalue weighted by atomic mass is 9.48. The molecular formula is C17H26N2O. The monoisotopic (exact) mass is 274 g/mol. The Morgan fingerprint density at radius 3 is 2.40 bits per heavy atom. The summed E-state index contributed by atoms with van der Waals surface area (Å²) in [7, 11) is 1.90. The molecule has 3 heteroatoms. The van der Waals surface area contributed by atoms with Crippen molar-refractivity contribution in [1.82, 2.24) is 10.3 Å². The van der Waals surface area contributed by atoms with Crippen LogP contribution in [0.1, 0.15) is 55.9 Å². The smallest absolute Gasteiger partial charge is 0.106 e. The number of H-pyrrole nitrogens is 1. The predicted molar refractivity (Wildman–Crippen MR) is 79.5 cm³/mol. The Kier molecular flexibility index (Phi) is 2.97. The number of hydrogen-bond acceptors (Lipinski definition) is 2. The van der Waals surface area contributed by atoms with E-state index in [0.29, 0.717) is 12.0 Å². The molecule has 0 spiro atoms. The minimum atomic E-state index is -0.405. The zero-order valence-corrected chi connectivity index (χ0v) is 12.4. The maximum absolute atomic E-state index is 10.4. The zero-order chi connectivity index (χ0) is 13.7. The van der Waals surface area contributed by atoms with Crippen LogP contribution < -0.4 is 5.32 Å². The van der Waals surface area contributed by atoms with Crippen LogP contribution in [0.5, 0.6) is 0 Å². The lowest BCUT2D eigenvalue weighted by Crippen LogP contribution is -2.49. The number of aromatic nitrogens is 1. The van der Waals surface area contributed by atoms with E-state index in [1.54, 1.807) is 0 Å². The summed E-state index contributed by atoms with van der Waals surface area (Å²) in [5, 5.41) is 13.5. The molecule has 5 rings (SSSR count). The standard InChI is InChI=1S/C17H26N2O/c1-18-10-15(20)16-14(2-3-19-16)17-7-11-4-12(8-17)6-13(5-11)9-17/h2-3,11-13,15,18-20H,4-10H2,1H3. The van der Waals surface area contributed by atoms with Crippen LogP contribution in [-0.4, -0.2) is 23.7 Å². The van der Waals surface area contributed by atoms with Gasteiger partial charge in [-0.05, 0) is 80.4 Å². The summed E-state index contributed by atoms with van der Waals surface area (Å²) in [4.78, 5) is 3.33. The molecule has 0 aromatic carbocycles. The van der Waals surface area contributed by atoms with Gasteiger partial charge in [-0.2, -0.15) is 0 Å². The van der Waals surface area contributed by atoms with Gasteiger partial charge in [0.05, 0.1) is 0 Å². The Hall–Kier alpha value is -0.800. The third-order valence-corrected chi connectivity index (χ3v) is 6.12. The van der Waals surface area contributed by atoms with E-state index in [2.05, 4.69) is 16.4 Å². The first-order valence-electron chi connectivity index (χ1n) is 8.20. The molecule has 3 N–H and O–H groups in total. The molecule has 4 aliphatic rings. The number of aliphatic hydroxyl groups is 1. The second kappa shape index (κ2) is 4.60. The highest BCUT2D eigenvalue weighted by Gasteiger charge is 2.52. The first kappa shape index (κ1) is 12.9. The SMILES string of the molecule is CNCC(O)c1[nH]ccc1C12CC3CC(CC(C3)C1)C2. The molecule has 0 saturated heterocycles. The maximum Gasteiger partial charge on any atom is 0.106 e. The van der Waals surface area contributed by atoms with E-state index in [0.717, 1.165) is 23.4 Å². The van der Waals surface area contributed by atoms with Crippen molar-refractivity contribution < 1.29 is 5.11 Å². The molecule has 4 fully saturated rings. The minimum Gasteiger partial charge on any atom is -0.386 e. The van der Waals surface area contributed by atoms with E-state index in [9.17, 15) is 5.11 Å². The van der Waals surface area contributed by atoms with Crippen molar-refractivity contribution in [2.45, 2.75) is 50.0 Å². The number of aliphatic hydroxyl groups excluding tert-OH is 1. The molecule has 4 saturated carbocycles. The highest BCUT2D eigenvalue weighted by molar-refractivity contribution is 5.34. The van der Waals surface area contributed by atoms with Crippen molar-refractivity contribution in [1.29, 1.82) is 0 Å². The first-order chi connectivity index (χ1) is 9.70. The van der Waals surface area contributed by atoms with Crippen molar-refractivity contribution in [3.05, 3.63) is 23.5 Å². The van der Waals surface area contributed by atoms with Crippen LogP contribution in [0, 0.1) is 17.8 Å². The number of rotatable bonds is 4. The van der Waals surface area contributed by atoms with Crippen molar-refractivity contribution >= 4 is 0 Å². The Bertz CT molecular complexity index is 458. The Morgan fingerprint density at radius 1 is 1.25 bits per heavy atom. The molecule has 0 amide bonds. The van der Waals surface area contributed by atoms with Crippen LogP contribution in [-0.2, 0) is 5.41 Å². The summed E-state index contributed by atoms with van der Waals surface area (Å²) in [6.45, 7) is 0.625. The fourth-order valence-electron chi connectivity index (χ4n) is 5.86. The van der Waals surface area contributed by atoms with Gasteiger partial charge < -0.3 is 15.4 Å². The Labute approximate surface area is 121 Å². The molecule has 1 heterocycles. The summed E-state index contributed by atoms with van der Waals surface area (Å²) in [5.74, 6) is 2.85. The number of likely N-dealkylation sites (N-methyl/N-ethyl adjacent to an activating group) is 1. The number of hydrogen-bond donors (Lipinski definition) is 3. The fourth-order valence-corrected chi connectivity index (χ4v) is 5.86. The fraction of sp³-hybridized carbons (Fsp3) is 0.765. The van der Waals surface area contributed by atoms with E-state index < -0.39 is 6.10 Å². The molecule has 4 aliphatic carbocycles. The summed E-state index contributed by atoms with van der Waals surface area (Å²) in [5.41, 5.74) is 2.87. The first-order valence-corrected chi connectivity index (χ1v) is 8.20. The highest BCUT2D eigenvalue weighted by Crippen LogP contribution is 2.61. The van der Waals surface area contributed by atoms with Gasteiger partial charge in [-0.1, -0.05) is 0 Å². The van der Waals surface area contributed by atoms with Crippen molar-refractivity contribution in [2.75, 3.05) is 13.6 Å². The van der Waals surface area contributed by atoms with Crippen LogP contribution in [0.4, 0.5) is 0 Å². The van der Waals surface area contributed by atoms with Crippen LogP contribution in [0.15, 0.2) is 12.3 Å². The second-order valence-electron chi connectivity index (χ2n) is 7.58. The largest absolute Gasteiger partial charge is 0.386 e. The Morgan fingerprint density at radius 2 is 1.85 bits per heavy atom. The van der Waals surface area contributed by atoms with Gasteiger partial charge in [0, 0.05) is 18.4 Å². The molecule has 20 heavy (non-hydrogen) atoms. The molecule has 4 bridgehead atoms. The van der Waals surface area contributed by atoms with Gasteiger partial charge in [-0.25, -0.2) is 0 Å². The predicted octanol–water partition coefficient (Wildman–Crippen LogP) is 2.74. The molecule has 3 nitrogen and oxygen atoms in total. The van der Waals surface area contributed by atoms with E-state index in [-0.39, 0.29) is 0 Å². The van der Waals surface area contributed by atoms with Crippen molar-refractivity contribution in [2.24, 2.45) is 17.8 Å². The lowest BCUT2D eigenvalue weighted by molar-refractivity contribution is -0.00659. The lowest BCUT2D eigenvalue weighted by Gasteiger charge is -2.57. The molecular weight excluding hydrogens is 248 g/mol. The van der Waals surface area contributed by atoms with Crippen molar-refractivity contribution in [3.63, 3.8) is 0 Å². The van der Waals surface area contributed by atoms with Crippen LogP contribution in [0.2, 0.25) is 0 Å². The molecule has 110 valence electrons. The second-order valence-corrected chi connectivity index (χ2v) is 7.58.